The maximum absolute atomic E-state index is 13.7. The summed E-state index contributed by atoms with van der Waals surface area (Å²) in [5.41, 5.74) is 6.63. The summed E-state index contributed by atoms with van der Waals surface area (Å²) >= 11 is 3.18. The number of nitrogens with zero attached hydrogens (tertiary/aromatic N) is 4. The number of imidazole rings is 2. The molecule has 4 amide bonds. The van der Waals surface area contributed by atoms with Crippen LogP contribution in [0.25, 0.3) is 33.6 Å². The minimum absolute atomic E-state index is 0.333. The molecule has 2 saturated heterocycles. The van der Waals surface area contributed by atoms with Gasteiger partial charge >= 0.3 is 12.2 Å². The Balaban J connectivity index is 0.929. The Morgan fingerprint density at radius 1 is 0.569 bits per heavy atom. The Morgan fingerprint density at radius 3 is 1.29 bits per heavy atom. The molecule has 6 N–H and O–H groups in total. The summed E-state index contributed by atoms with van der Waals surface area (Å²) in [4.78, 5) is 70.0. The highest BCUT2D eigenvalue weighted by Crippen LogP contribution is 2.37. The van der Waals surface area contributed by atoms with Gasteiger partial charge in [-0.1, -0.05) is 109 Å². The van der Waals surface area contributed by atoms with Gasteiger partial charge in [0.25, 0.3) is 11.8 Å². The van der Waals surface area contributed by atoms with E-state index in [1.54, 1.807) is 94.2 Å². The van der Waals surface area contributed by atoms with Crippen molar-refractivity contribution in [1.29, 1.82) is 0 Å². The number of hydrogen-bond donors (Lipinski definition) is 6. The zero-order chi connectivity index (χ0) is 40.2. The number of carbonyl (C=O) groups excluding carboxylic acids is 2. The van der Waals surface area contributed by atoms with E-state index in [0.29, 0.717) is 46.0 Å². The van der Waals surface area contributed by atoms with Crippen LogP contribution in [0.1, 0.15) is 46.9 Å². The Bertz CT molecular complexity index is 2240. The molecule has 0 saturated carbocycles. The molecule has 4 aromatic carbocycles. The second-order valence-corrected chi connectivity index (χ2v) is 15.8. The molecule has 4 atom stereocenters. The van der Waals surface area contributed by atoms with Gasteiger partial charge in [-0.2, -0.15) is 0 Å². The van der Waals surface area contributed by atoms with Crippen LogP contribution in [0.2, 0.25) is 0 Å². The van der Waals surface area contributed by atoms with Crippen LogP contribution >= 0.6 is 23.5 Å². The lowest BCUT2D eigenvalue weighted by Gasteiger charge is -2.27. The molecule has 2 fully saturated rings. The summed E-state index contributed by atoms with van der Waals surface area (Å²) in [5.74, 6) is 2.69. The van der Waals surface area contributed by atoms with Gasteiger partial charge < -0.3 is 40.6 Å². The van der Waals surface area contributed by atoms with Crippen LogP contribution in [-0.2, 0) is 9.59 Å². The Kier molecular flexibility index (Phi) is 11.2. The zero-order valence-corrected chi connectivity index (χ0v) is 32.5. The van der Waals surface area contributed by atoms with Crippen LogP contribution in [0.5, 0.6) is 0 Å². The van der Waals surface area contributed by atoms with Crippen LogP contribution in [-0.4, -0.2) is 87.2 Å². The van der Waals surface area contributed by atoms with Crippen LogP contribution in [0, 0.1) is 0 Å². The third kappa shape index (κ3) is 8.15. The number of rotatable bonds is 11. The second-order valence-electron chi connectivity index (χ2n) is 13.8. The quantitative estimate of drug-likeness (QED) is 0.0772. The van der Waals surface area contributed by atoms with E-state index in [1.807, 2.05) is 60.7 Å². The SMILES string of the molecule is O=C(O)N[C@@H](C(=O)N1CSC[C@H]1c1ncc(-c2ccc(-c3ccc(-c4cnc([C@@H]5CSCN5C(=O)[C@H](NC(=O)O)c5ccccc5)[nH]4)cc3)cc2)[nH]1)c1ccccc1. The average molecular weight is 815 g/mol. The molecule has 6 aromatic rings. The van der Waals surface area contributed by atoms with Gasteiger partial charge in [0.15, 0.2) is 0 Å². The van der Waals surface area contributed by atoms with Crippen molar-refractivity contribution < 1.29 is 29.4 Å². The third-order valence-corrected chi connectivity index (χ3v) is 12.2. The van der Waals surface area contributed by atoms with Gasteiger partial charge in [-0.05, 0) is 33.4 Å². The van der Waals surface area contributed by atoms with Gasteiger partial charge in [-0.3, -0.25) is 9.59 Å². The molecular weight excluding hydrogens is 777 g/mol. The van der Waals surface area contributed by atoms with Crippen molar-refractivity contribution in [2.45, 2.75) is 24.2 Å². The number of thioether (sulfide) groups is 2. The lowest BCUT2D eigenvalue weighted by molar-refractivity contribution is -0.134. The van der Waals surface area contributed by atoms with Crippen molar-refractivity contribution in [3.05, 3.63) is 144 Å². The summed E-state index contributed by atoms with van der Waals surface area (Å²) in [6.45, 7) is 0. The molecular formula is C42H38N8O6S2. The van der Waals surface area contributed by atoms with Crippen molar-refractivity contribution in [3.63, 3.8) is 0 Å². The molecule has 294 valence electrons. The highest BCUT2D eigenvalue weighted by molar-refractivity contribution is 7.99. The van der Waals surface area contributed by atoms with E-state index in [4.69, 9.17) is 0 Å². The van der Waals surface area contributed by atoms with Crippen LogP contribution in [0.15, 0.2) is 122 Å². The largest absolute Gasteiger partial charge is 0.465 e. The molecule has 0 unspecified atom stereocenters. The number of carboxylic acid groups (broad SMARTS) is 2. The zero-order valence-electron chi connectivity index (χ0n) is 30.8. The molecule has 2 aromatic heterocycles. The Labute approximate surface area is 341 Å². The number of benzene rings is 4. The number of aromatic amines is 2. The summed E-state index contributed by atoms with van der Waals surface area (Å²) in [5, 5.41) is 23.7. The predicted octanol–water partition coefficient (Wildman–Crippen LogP) is 7.30. The molecule has 0 aliphatic carbocycles. The molecule has 0 radical (unpaired) electrons. The maximum atomic E-state index is 13.7. The molecule has 2 aliphatic rings. The van der Waals surface area contributed by atoms with E-state index >= 15 is 0 Å². The van der Waals surface area contributed by atoms with E-state index < -0.39 is 24.3 Å². The van der Waals surface area contributed by atoms with E-state index in [9.17, 15) is 29.4 Å². The smallest absolute Gasteiger partial charge is 0.405 e. The van der Waals surface area contributed by atoms with Crippen LogP contribution in [0.3, 0.4) is 0 Å². The molecule has 0 spiro atoms. The first-order valence-electron chi connectivity index (χ1n) is 18.4. The van der Waals surface area contributed by atoms with Crippen molar-refractivity contribution in [2.24, 2.45) is 0 Å². The van der Waals surface area contributed by atoms with E-state index in [-0.39, 0.29) is 23.9 Å². The van der Waals surface area contributed by atoms with E-state index in [0.717, 1.165) is 33.6 Å². The van der Waals surface area contributed by atoms with Crippen molar-refractivity contribution in [2.75, 3.05) is 23.3 Å². The molecule has 2 aliphatic heterocycles. The summed E-state index contributed by atoms with van der Waals surface area (Å²) in [6.07, 6.45) is 0.960. The summed E-state index contributed by atoms with van der Waals surface area (Å²) in [6, 6.07) is 31.1. The second kappa shape index (κ2) is 16.9. The van der Waals surface area contributed by atoms with Gasteiger partial charge in [0.2, 0.25) is 0 Å². The normalized spacial score (nSPS) is 17.4. The standard InChI is InChI=1S/C42H38N8O6S2/c51-39(35(47-41(53)54)29-7-3-1-4-8-29)49-23-57-21-33(49)37-43-19-31(45-37)27-15-11-25(12-16-27)26-13-17-28(18-14-26)32-20-44-38(46-32)34-22-58-24-50(34)40(52)36(48-42(55)56)30-9-5-2-6-10-30/h1-20,33-36,47-48H,21-24H2,(H,43,45)(H,44,46)(H,53,54)(H,55,56)/t33-,34-,35+,36+/m0/s1. The number of H-pyrrole nitrogens is 2. The number of aromatic nitrogens is 4. The average Bonchev–Trinajstić information content (AvgIpc) is 4.09. The Hall–Kier alpha value is -6.52. The first-order chi connectivity index (χ1) is 28.2. The fourth-order valence-corrected chi connectivity index (χ4v) is 9.55. The van der Waals surface area contributed by atoms with E-state index in [1.165, 1.54) is 0 Å². The first kappa shape index (κ1) is 38.4. The number of nitrogens with one attached hydrogen (secondary N) is 4. The van der Waals surface area contributed by atoms with E-state index in [2.05, 4.69) is 30.6 Å². The first-order valence-corrected chi connectivity index (χ1v) is 20.7. The molecule has 14 nitrogen and oxygen atoms in total. The third-order valence-electron chi connectivity index (χ3n) is 10.2. The van der Waals surface area contributed by atoms with Crippen molar-refractivity contribution in [3.8, 4) is 33.6 Å². The highest BCUT2D eigenvalue weighted by Gasteiger charge is 2.39. The minimum atomic E-state index is -1.27. The van der Waals surface area contributed by atoms with Crippen LogP contribution < -0.4 is 10.6 Å². The molecule has 0 bridgehead atoms. The van der Waals surface area contributed by atoms with Gasteiger partial charge in [0.1, 0.15) is 23.7 Å². The minimum Gasteiger partial charge on any atom is -0.465 e. The number of amides is 4. The lowest BCUT2D eigenvalue weighted by Crippen LogP contribution is -2.42. The van der Waals surface area contributed by atoms with Gasteiger partial charge in [0, 0.05) is 11.5 Å². The molecule has 8 rings (SSSR count). The topological polar surface area (TPSA) is 197 Å². The summed E-state index contributed by atoms with van der Waals surface area (Å²) in [7, 11) is 0. The van der Waals surface area contributed by atoms with Gasteiger partial charge in [-0.25, -0.2) is 19.6 Å². The monoisotopic (exact) mass is 814 g/mol. The van der Waals surface area contributed by atoms with Gasteiger partial charge in [0.05, 0.1) is 47.6 Å². The fourth-order valence-electron chi connectivity index (χ4n) is 7.21. The summed E-state index contributed by atoms with van der Waals surface area (Å²) < 4.78 is 0. The number of hydrogen-bond acceptors (Lipinski definition) is 8. The molecule has 58 heavy (non-hydrogen) atoms. The predicted molar refractivity (Wildman–Crippen MR) is 222 cm³/mol. The highest BCUT2D eigenvalue weighted by atomic mass is 32.2. The van der Waals surface area contributed by atoms with Gasteiger partial charge in [-0.15, -0.1) is 23.5 Å². The lowest BCUT2D eigenvalue weighted by atomic mass is 10.0. The Morgan fingerprint density at radius 2 is 0.931 bits per heavy atom. The van der Waals surface area contributed by atoms with Crippen LogP contribution in [0.4, 0.5) is 9.59 Å². The molecule has 16 heteroatoms. The molecule has 4 heterocycles. The number of carbonyl (C=O) groups is 4. The fraction of sp³-hybridized carbons (Fsp3) is 0.190. The maximum Gasteiger partial charge on any atom is 0.405 e. The van der Waals surface area contributed by atoms with Crippen molar-refractivity contribution in [1.82, 2.24) is 40.4 Å². The van der Waals surface area contributed by atoms with Crippen molar-refractivity contribution >= 4 is 47.5 Å².